The minimum Gasteiger partial charge on any atom is -0.481 e. The van der Waals surface area contributed by atoms with Crippen LogP contribution in [0.4, 0.5) is 0 Å². The van der Waals surface area contributed by atoms with Crippen LogP contribution in [0.15, 0.2) is 54.9 Å². The number of benzene rings is 1. The Labute approximate surface area is 148 Å². The molecule has 0 spiro atoms. The number of amides is 1. The van der Waals surface area contributed by atoms with E-state index in [0.717, 1.165) is 5.39 Å². The van der Waals surface area contributed by atoms with Gasteiger partial charge >= 0.3 is 5.97 Å². The third kappa shape index (κ3) is 3.92. The summed E-state index contributed by atoms with van der Waals surface area (Å²) in [4.78, 5) is 32.0. The Morgan fingerprint density at radius 1 is 1.16 bits per heavy atom. The lowest BCUT2D eigenvalue weighted by atomic mass is 10.0. The Kier molecular flexibility index (Phi) is 4.90. The maximum absolute atomic E-state index is 12.5. The Morgan fingerprint density at radius 3 is 2.72 bits per heavy atom. The predicted octanol–water partition coefficient (Wildman–Crippen LogP) is 3.23. The summed E-state index contributed by atoms with van der Waals surface area (Å²) in [5, 5.41) is 13.1. The topological polar surface area (TPSA) is 92.2 Å². The number of fused-ring (bicyclic) bond motifs is 1. The Hall–Kier alpha value is -2.99. The van der Waals surface area contributed by atoms with Gasteiger partial charge in [0.1, 0.15) is 5.69 Å². The summed E-state index contributed by atoms with van der Waals surface area (Å²) in [6.07, 6.45) is 2.96. The quantitative estimate of drug-likeness (QED) is 0.733. The van der Waals surface area contributed by atoms with Crippen LogP contribution in [0.3, 0.4) is 0 Å². The molecule has 3 rings (SSSR count). The molecule has 6 nitrogen and oxygen atoms in total. The molecule has 126 valence electrons. The molecule has 1 aromatic carbocycles. The molecule has 2 aromatic heterocycles. The standard InChI is InChI=1S/C18H14ClN3O3/c19-13-4-2-1-3-12(13)16(9-17(23)24)22-18(25)15-6-5-11-10-20-8-7-14(11)21-15/h1-8,10,16H,9H2,(H,22,25)(H,23,24)/t16-/m1/s1. The molecule has 0 radical (unpaired) electrons. The van der Waals surface area contributed by atoms with Gasteiger partial charge in [-0.1, -0.05) is 29.8 Å². The van der Waals surface area contributed by atoms with Crippen molar-refractivity contribution in [3.8, 4) is 0 Å². The van der Waals surface area contributed by atoms with E-state index in [9.17, 15) is 9.59 Å². The summed E-state index contributed by atoms with van der Waals surface area (Å²) in [6, 6.07) is 11.1. The maximum Gasteiger partial charge on any atom is 0.305 e. The minimum absolute atomic E-state index is 0.196. The molecule has 0 saturated heterocycles. The van der Waals surface area contributed by atoms with Crippen LogP contribution in [0.5, 0.6) is 0 Å². The number of carboxylic acid groups (broad SMARTS) is 1. The van der Waals surface area contributed by atoms with Crippen molar-refractivity contribution in [2.45, 2.75) is 12.5 Å². The summed E-state index contributed by atoms with van der Waals surface area (Å²) < 4.78 is 0. The maximum atomic E-state index is 12.5. The molecule has 25 heavy (non-hydrogen) atoms. The van der Waals surface area contributed by atoms with Gasteiger partial charge in [-0.2, -0.15) is 0 Å². The van der Waals surface area contributed by atoms with Gasteiger partial charge < -0.3 is 10.4 Å². The van der Waals surface area contributed by atoms with Gasteiger partial charge in [0.05, 0.1) is 18.0 Å². The van der Waals surface area contributed by atoms with Gasteiger partial charge in [-0.25, -0.2) is 4.98 Å². The zero-order valence-corrected chi connectivity index (χ0v) is 13.8. The lowest BCUT2D eigenvalue weighted by molar-refractivity contribution is -0.137. The van der Waals surface area contributed by atoms with Crippen molar-refractivity contribution in [2.24, 2.45) is 0 Å². The summed E-state index contributed by atoms with van der Waals surface area (Å²) in [5.41, 5.74) is 1.38. The van der Waals surface area contributed by atoms with Crippen molar-refractivity contribution in [3.63, 3.8) is 0 Å². The van der Waals surface area contributed by atoms with Gasteiger partial charge in [-0.05, 0) is 29.8 Å². The molecule has 0 fully saturated rings. The van der Waals surface area contributed by atoms with E-state index in [1.54, 1.807) is 54.9 Å². The number of nitrogens with one attached hydrogen (secondary N) is 1. The van der Waals surface area contributed by atoms with E-state index in [0.29, 0.717) is 16.1 Å². The number of carbonyl (C=O) groups excluding carboxylic acids is 1. The molecule has 0 bridgehead atoms. The van der Waals surface area contributed by atoms with Gasteiger partial charge in [0, 0.05) is 22.8 Å². The molecule has 0 aliphatic rings. The number of carbonyl (C=O) groups is 2. The first-order valence-corrected chi connectivity index (χ1v) is 7.90. The van der Waals surface area contributed by atoms with Gasteiger partial charge in [0.25, 0.3) is 5.91 Å². The van der Waals surface area contributed by atoms with Crippen LogP contribution in [0, 0.1) is 0 Å². The van der Waals surface area contributed by atoms with E-state index >= 15 is 0 Å². The van der Waals surface area contributed by atoms with Crippen molar-refractivity contribution >= 4 is 34.4 Å². The van der Waals surface area contributed by atoms with Crippen molar-refractivity contribution in [2.75, 3.05) is 0 Å². The van der Waals surface area contributed by atoms with Gasteiger partial charge in [0.2, 0.25) is 0 Å². The first-order chi connectivity index (χ1) is 12.0. The van der Waals surface area contributed by atoms with Crippen molar-refractivity contribution in [3.05, 3.63) is 71.1 Å². The highest BCUT2D eigenvalue weighted by atomic mass is 35.5. The smallest absolute Gasteiger partial charge is 0.305 e. The van der Waals surface area contributed by atoms with Gasteiger partial charge in [0.15, 0.2) is 0 Å². The molecule has 0 aliphatic heterocycles. The molecular formula is C18H14ClN3O3. The number of pyridine rings is 2. The molecule has 1 amide bonds. The SMILES string of the molecule is O=C(O)C[C@@H](NC(=O)c1ccc2cnccc2n1)c1ccccc1Cl. The summed E-state index contributed by atoms with van der Waals surface area (Å²) in [5.74, 6) is -1.51. The zero-order chi connectivity index (χ0) is 17.8. The highest BCUT2D eigenvalue weighted by Crippen LogP contribution is 2.25. The monoisotopic (exact) mass is 355 g/mol. The zero-order valence-electron chi connectivity index (χ0n) is 13.0. The fourth-order valence-corrected chi connectivity index (χ4v) is 2.76. The first-order valence-electron chi connectivity index (χ1n) is 7.52. The third-order valence-corrected chi connectivity index (χ3v) is 4.03. The van der Waals surface area contributed by atoms with Crippen LogP contribution in [-0.4, -0.2) is 27.0 Å². The predicted molar refractivity (Wildman–Crippen MR) is 93.5 cm³/mol. The lowest BCUT2D eigenvalue weighted by Gasteiger charge is -2.18. The molecule has 7 heteroatoms. The lowest BCUT2D eigenvalue weighted by Crippen LogP contribution is -2.31. The first kappa shape index (κ1) is 16.9. The third-order valence-electron chi connectivity index (χ3n) is 3.69. The molecule has 2 N–H and O–H groups in total. The van der Waals surface area contributed by atoms with E-state index in [1.807, 2.05) is 0 Å². The van der Waals surface area contributed by atoms with E-state index in [2.05, 4.69) is 15.3 Å². The van der Waals surface area contributed by atoms with E-state index in [4.69, 9.17) is 16.7 Å². The van der Waals surface area contributed by atoms with Crippen molar-refractivity contribution in [1.29, 1.82) is 0 Å². The summed E-state index contributed by atoms with van der Waals surface area (Å²) in [6.45, 7) is 0. The molecule has 3 aromatic rings. The van der Waals surface area contributed by atoms with Gasteiger partial charge in [-0.15, -0.1) is 0 Å². The average Bonchev–Trinajstić information content (AvgIpc) is 2.60. The molecular weight excluding hydrogens is 342 g/mol. The summed E-state index contributed by atoms with van der Waals surface area (Å²) >= 11 is 6.14. The highest BCUT2D eigenvalue weighted by molar-refractivity contribution is 6.31. The highest BCUT2D eigenvalue weighted by Gasteiger charge is 2.21. The van der Waals surface area contributed by atoms with Gasteiger partial charge in [-0.3, -0.25) is 14.6 Å². The summed E-state index contributed by atoms with van der Waals surface area (Å²) in [7, 11) is 0. The number of rotatable bonds is 5. The Morgan fingerprint density at radius 2 is 1.96 bits per heavy atom. The number of hydrogen-bond donors (Lipinski definition) is 2. The molecule has 0 aliphatic carbocycles. The molecule has 0 unspecified atom stereocenters. The number of halogens is 1. The normalized spacial score (nSPS) is 11.9. The van der Waals surface area contributed by atoms with E-state index < -0.39 is 17.9 Å². The number of aromatic nitrogens is 2. The number of hydrogen-bond acceptors (Lipinski definition) is 4. The number of nitrogens with zero attached hydrogens (tertiary/aromatic N) is 2. The Balaban J connectivity index is 1.88. The second-order valence-corrected chi connectivity index (χ2v) is 5.82. The van der Waals surface area contributed by atoms with E-state index in [-0.39, 0.29) is 12.1 Å². The molecule has 0 saturated carbocycles. The van der Waals surface area contributed by atoms with Crippen molar-refractivity contribution < 1.29 is 14.7 Å². The largest absolute Gasteiger partial charge is 0.481 e. The van der Waals surface area contributed by atoms with Crippen molar-refractivity contribution in [1.82, 2.24) is 15.3 Å². The fraction of sp³-hybridized carbons (Fsp3) is 0.111. The Bertz CT molecular complexity index is 946. The molecule has 1 atom stereocenters. The second-order valence-electron chi connectivity index (χ2n) is 5.41. The van der Waals surface area contributed by atoms with Crippen LogP contribution < -0.4 is 5.32 Å². The minimum atomic E-state index is -1.04. The van der Waals surface area contributed by atoms with Crippen LogP contribution in [0.25, 0.3) is 10.9 Å². The van der Waals surface area contributed by atoms with Crippen LogP contribution >= 0.6 is 11.6 Å². The average molecular weight is 356 g/mol. The second kappa shape index (κ2) is 7.27. The number of aliphatic carboxylic acids is 1. The van der Waals surface area contributed by atoms with Crippen LogP contribution in [0.1, 0.15) is 28.5 Å². The van der Waals surface area contributed by atoms with Crippen LogP contribution in [0.2, 0.25) is 5.02 Å². The fourth-order valence-electron chi connectivity index (χ4n) is 2.50. The van der Waals surface area contributed by atoms with Crippen LogP contribution in [-0.2, 0) is 4.79 Å². The van der Waals surface area contributed by atoms with E-state index in [1.165, 1.54) is 0 Å². The molecule has 2 heterocycles. The number of carboxylic acids is 1.